The minimum Gasteiger partial charge on any atom is -0.508 e. The molecule has 8 heteroatoms. The molecule has 4 aromatic carbocycles. The Morgan fingerprint density at radius 3 is 0.969 bits per heavy atom. The minimum atomic E-state index is -3.59. The van der Waals surface area contributed by atoms with E-state index >= 15 is 0 Å². The van der Waals surface area contributed by atoms with Gasteiger partial charge >= 0.3 is 0 Å². The predicted molar refractivity (Wildman–Crippen MR) is 122 cm³/mol. The average Bonchev–Trinajstić information content (AvgIpc) is 2.78. The van der Waals surface area contributed by atoms with Crippen molar-refractivity contribution in [2.45, 2.75) is 19.6 Å². The largest absolute Gasteiger partial charge is 0.508 e. The molecule has 0 aromatic heterocycles. The zero-order valence-corrected chi connectivity index (χ0v) is 18.3. The Balaban J connectivity index is 0.000000182. The Bertz CT molecular complexity index is 1160. The maximum atomic E-state index is 12.1. The summed E-state index contributed by atoms with van der Waals surface area (Å²) in [6, 6.07) is 24.6. The van der Waals surface area contributed by atoms with Crippen LogP contribution in [0.5, 0.6) is 23.0 Å². The van der Waals surface area contributed by atoms with Crippen molar-refractivity contribution in [2.75, 3.05) is 0 Å². The van der Waals surface area contributed by atoms with Gasteiger partial charge in [-0.05, 0) is 97.1 Å². The molecule has 0 aliphatic carbocycles. The fourth-order valence-electron chi connectivity index (χ4n) is 2.55. The molecule has 4 aromatic rings. The lowest BCUT2D eigenvalue weighted by Gasteiger charge is -2.04. The van der Waals surface area contributed by atoms with Gasteiger partial charge in [-0.15, -0.1) is 0 Å². The van der Waals surface area contributed by atoms with Gasteiger partial charge in [0, 0.05) is 9.79 Å². The highest BCUT2D eigenvalue weighted by molar-refractivity contribution is 7.99. The van der Waals surface area contributed by atoms with Crippen molar-refractivity contribution in [1.29, 1.82) is 0 Å². The van der Waals surface area contributed by atoms with E-state index < -0.39 is 9.84 Å². The van der Waals surface area contributed by atoms with Gasteiger partial charge in [0.25, 0.3) is 0 Å². The topological polar surface area (TPSA) is 115 Å². The molecule has 0 spiro atoms. The van der Waals surface area contributed by atoms with Gasteiger partial charge in [0.2, 0.25) is 9.84 Å². The summed E-state index contributed by atoms with van der Waals surface area (Å²) >= 11 is 1.58. The van der Waals surface area contributed by atoms with Crippen LogP contribution in [-0.2, 0) is 9.84 Å². The van der Waals surface area contributed by atoms with Crippen LogP contribution in [0.25, 0.3) is 0 Å². The van der Waals surface area contributed by atoms with Crippen LogP contribution < -0.4 is 0 Å². The van der Waals surface area contributed by atoms with E-state index in [1.807, 2.05) is 24.3 Å². The maximum absolute atomic E-state index is 12.1. The number of benzene rings is 4. The van der Waals surface area contributed by atoms with Crippen molar-refractivity contribution in [3.05, 3.63) is 97.1 Å². The third-order valence-corrected chi connectivity index (χ3v) is 7.00. The second-order valence-electron chi connectivity index (χ2n) is 6.58. The monoisotopic (exact) mass is 468 g/mol. The molecule has 0 saturated heterocycles. The predicted octanol–water partition coefficient (Wildman–Crippen LogP) is 5.18. The first kappa shape index (κ1) is 23.1. The Kier molecular flexibility index (Phi) is 7.29. The smallest absolute Gasteiger partial charge is 0.206 e. The fraction of sp³-hybridized carbons (Fsp3) is 0. The third-order valence-electron chi connectivity index (χ3n) is 4.20. The average molecular weight is 469 g/mol. The number of aromatic hydroxyl groups is 4. The molecule has 0 atom stereocenters. The Morgan fingerprint density at radius 1 is 0.438 bits per heavy atom. The van der Waals surface area contributed by atoms with Crippen molar-refractivity contribution in [3.8, 4) is 23.0 Å². The van der Waals surface area contributed by atoms with Crippen molar-refractivity contribution in [1.82, 2.24) is 0 Å². The molecule has 0 heterocycles. The summed E-state index contributed by atoms with van der Waals surface area (Å²) < 4.78 is 24.2. The third kappa shape index (κ3) is 6.19. The van der Waals surface area contributed by atoms with Gasteiger partial charge in [0.1, 0.15) is 23.0 Å². The summed E-state index contributed by atoms with van der Waals surface area (Å²) in [5, 5.41) is 36.4. The van der Waals surface area contributed by atoms with Crippen LogP contribution in [0.15, 0.2) is 117 Å². The fourth-order valence-corrected chi connectivity index (χ4v) is 4.63. The van der Waals surface area contributed by atoms with Gasteiger partial charge in [-0.25, -0.2) is 8.42 Å². The van der Waals surface area contributed by atoms with Gasteiger partial charge in [-0.3, -0.25) is 0 Å². The molecular weight excluding hydrogens is 448 g/mol. The highest BCUT2D eigenvalue weighted by Gasteiger charge is 2.17. The van der Waals surface area contributed by atoms with E-state index in [0.717, 1.165) is 9.79 Å². The number of hydrogen-bond donors (Lipinski definition) is 4. The summed E-state index contributed by atoms with van der Waals surface area (Å²) in [5.41, 5.74) is 0. The lowest BCUT2D eigenvalue weighted by atomic mass is 10.3. The van der Waals surface area contributed by atoms with Gasteiger partial charge < -0.3 is 20.4 Å². The van der Waals surface area contributed by atoms with E-state index in [4.69, 9.17) is 20.4 Å². The molecule has 0 radical (unpaired) electrons. The van der Waals surface area contributed by atoms with Crippen LogP contribution in [0.4, 0.5) is 0 Å². The normalized spacial score (nSPS) is 10.8. The molecular formula is C24H20O6S2. The Hall–Kier alpha value is -3.62. The van der Waals surface area contributed by atoms with Crippen molar-refractivity contribution < 1.29 is 28.8 Å². The van der Waals surface area contributed by atoms with E-state index in [-0.39, 0.29) is 32.8 Å². The van der Waals surface area contributed by atoms with E-state index in [9.17, 15) is 8.42 Å². The van der Waals surface area contributed by atoms with Gasteiger partial charge in [0.05, 0.1) is 9.79 Å². The van der Waals surface area contributed by atoms with Gasteiger partial charge in [0.15, 0.2) is 0 Å². The van der Waals surface area contributed by atoms with E-state index in [1.165, 1.54) is 48.5 Å². The van der Waals surface area contributed by atoms with E-state index in [0.29, 0.717) is 0 Å². The first-order valence-corrected chi connectivity index (χ1v) is 11.6. The summed E-state index contributed by atoms with van der Waals surface area (Å²) in [7, 11) is -3.59. The van der Waals surface area contributed by atoms with Crippen molar-refractivity contribution >= 4 is 21.6 Å². The molecule has 4 rings (SSSR count). The van der Waals surface area contributed by atoms with Crippen LogP contribution in [0.1, 0.15) is 0 Å². The van der Waals surface area contributed by atoms with Crippen molar-refractivity contribution in [3.63, 3.8) is 0 Å². The highest BCUT2D eigenvalue weighted by atomic mass is 32.2. The zero-order chi connectivity index (χ0) is 23.1. The molecule has 0 bridgehead atoms. The minimum absolute atomic E-state index is 0.00894. The molecule has 4 N–H and O–H groups in total. The molecule has 6 nitrogen and oxygen atoms in total. The molecule has 0 amide bonds. The highest BCUT2D eigenvalue weighted by Crippen LogP contribution is 2.29. The van der Waals surface area contributed by atoms with Crippen LogP contribution in [-0.4, -0.2) is 28.8 Å². The first-order chi connectivity index (χ1) is 15.2. The second kappa shape index (κ2) is 10.1. The zero-order valence-electron chi connectivity index (χ0n) is 16.7. The molecule has 32 heavy (non-hydrogen) atoms. The van der Waals surface area contributed by atoms with Crippen LogP contribution in [0.2, 0.25) is 0 Å². The first-order valence-electron chi connectivity index (χ1n) is 9.33. The summed E-state index contributed by atoms with van der Waals surface area (Å²) in [6.45, 7) is 0. The van der Waals surface area contributed by atoms with Gasteiger partial charge in [-0.1, -0.05) is 11.8 Å². The molecule has 0 unspecified atom stereocenters. The Labute approximate surface area is 190 Å². The summed E-state index contributed by atoms with van der Waals surface area (Å²) in [5.74, 6) is 0.555. The van der Waals surface area contributed by atoms with E-state index in [1.54, 1.807) is 36.0 Å². The Morgan fingerprint density at radius 2 is 0.688 bits per heavy atom. The standard InChI is InChI=1S/C12H10O4S.C12H10O2S/c13-9-1-5-11(6-2-9)17(15,16)12-7-3-10(14)4-8-12;13-9-1-5-11(6-2-9)15-12-7-3-10(14)4-8-12/h1-8,13-14H;1-8,13-14H. The lowest BCUT2D eigenvalue weighted by molar-refractivity contribution is 0.474. The molecule has 0 aliphatic rings. The summed E-state index contributed by atoms with van der Waals surface area (Å²) in [4.78, 5) is 2.30. The molecule has 164 valence electrons. The number of phenols is 4. The van der Waals surface area contributed by atoms with Crippen LogP contribution in [0, 0.1) is 0 Å². The lowest BCUT2D eigenvalue weighted by Crippen LogP contribution is -2.01. The van der Waals surface area contributed by atoms with Gasteiger partial charge in [-0.2, -0.15) is 0 Å². The number of rotatable bonds is 4. The summed E-state index contributed by atoms with van der Waals surface area (Å²) in [6.07, 6.45) is 0. The van der Waals surface area contributed by atoms with Crippen LogP contribution >= 0.6 is 11.8 Å². The van der Waals surface area contributed by atoms with Crippen molar-refractivity contribution in [2.24, 2.45) is 0 Å². The SMILES string of the molecule is O=S(=O)(c1ccc(O)cc1)c1ccc(O)cc1.Oc1ccc(Sc2ccc(O)cc2)cc1. The molecule has 0 fully saturated rings. The molecule has 0 aliphatic heterocycles. The number of sulfone groups is 1. The number of phenolic OH excluding ortho intramolecular Hbond substituents is 4. The van der Waals surface area contributed by atoms with Crippen LogP contribution in [0.3, 0.4) is 0 Å². The maximum Gasteiger partial charge on any atom is 0.206 e. The second-order valence-corrected chi connectivity index (χ2v) is 9.68. The quantitative estimate of drug-likeness (QED) is 0.326. The number of hydrogen-bond acceptors (Lipinski definition) is 7. The molecule has 0 saturated carbocycles. The van der Waals surface area contributed by atoms with E-state index in [2.05, 4.69) is 0 Å².